The van der Waals surface area contributed by atoms with Gasteiger partial charge >= 0.3 is 0 Å². The topological polar surface area (TPSA) is 84.1 Å². The second-order valence-corrected chi connectivity index (χ2v) is 9.34. The highest BCUT2D eigenvalue weighted by Gasteiger charge is 2.23. The predicted molar refractivity (Wildman–Crippen MR) is 151 cm³/mol. The van der Waals surface area contributed by atoms with E-state index >= 15 is 0 Å². The number of fused-ring (bicyclic) bond motifs is 1. The minimum absolute atomic E-state index is 0.175. The Balaban J connectivity index is 1.58. The Hall–Kier alpha value is -4.37. The Kier molecular flexibility index (Phi) is 9.75. The molecule has 210 valence electrons. The minimum atomic E-state index is -0.516. The predicted octanol–water partition coefficient (Wildman–Crippen LogP) is 4.68. The van der Waals surface area contributed by atoms with Crippen molar-refractivity contribution in [3.63, 3.8) is 0 Å². The van der Waals surface area contributed by atoms with E-state index in [2.05, 4.69) is 4.98 Å². The van der Waals surface area contributed by atoms with Gasteiger partial charge in [-0.3, -0.25) is 9.59 Å². The van der Waals surface area contributed by atoms with Crippen LogP contribution in [0.3, 0.4) is 0 Å². The maximum Gasteiger partial charge on any atom is 0.254 e. The number of carbonyl (C=O) groups excluding carboxylic acids is 2. The fourth-order valence-electron chi connectivity index (χ4n) is 4.61. The summed E-state index contributed by atoms with van der Waals surface area (Å²) in [7, 11) is 4.66. The number of hydrogen-bond donors (Lipinski definition) is 1. The summed E-state index contributed by atoms with van der Waals surface area (Å²) in [6.45, 7) is 0.957. The van der Waals surface area contributed by atoms with E-state index < -0.39 is 11.7 Å². The number of nitrogens with zero attached hydrogens (tertiary/aromatic N) is 2. The number of benzene rings is 3. The maximum atomic E-state index is 13.8. The monoisotopic (exact) mass is 547 g/mol. The number of halogens is 1. The smallest absolute Gasteiger partial charge is 0.254 e. The lowest BCUT2D eigenvalue weighted by Crippen LogP contribution is -2.44. The first-order chi connectivity index (χ1) is 19.4. The highest BCUT2D eigenvalue weighted by atomic mass is 19.1. The summed E-state index contributed by atoms with van der Waals surface area (Å²) in [6.07, 6.45) is 2.57. The van der Waals surface area contributed by atoms with Crippen LogP contribution in [0.2, 0.25) is 0 Å². The zero-order chi connectivity index (χ0) is 28.5. The molecular formula is C31H34FN3O5. The molecule has 1 aromatic heterocycles. The molecule has 4 rings (SSSR count). The Morgan fingerprint density at radius 3 is 2.42 bits per heavy atom. The third-order valence-corrected chi connectivity index (χ3v) is 6.75. The second kappa shape index (κ2) is 13.6. The zero-order valence-electron chi connectivity index (χ0n) is 23.0. The van der Waals surface area contributed by atoms with Crippen LogP contribution in [0.15, 0.2) is 72.9 Å². The molecular weight excluding hydrogens is 513 g/mol. The molecule has 2 amide bonds. The molecule has 0 saturated heterocycles. The van der Waals surface area contributed by atoms with Crippen molar-refractivity contribution in [3.8, 4) is 11.5 Å². The van der Waals surface area contributed by atoms with Gasteiger partial charge in [-0.05, 0) is 53.9 Å². The van der Waals surface area contributed by atoms with Gasteiger partial charge in [0.25, 0.3) is 5.91 Å². The molecule has 8 nitrogen and oxygen atoms in total. The first-order valence-electron chi connectivity index (χ1n) is 13.0. The highest BCUT2D eigenvalue weighted by Crippen LogP contribution is 2.28. The summed E-state index contributed by atoms with van der Waals surface area (Å²) >= 11 is 0. The van der Waals surface area contributed by atoms with E-state index in [9.17, 15) is 14.0 Å². The van der Waals surface area contributed by atoms with Crippen molar-refractivity contribution in [2.45, 2.75) is 13.0 Å². The Bertz CT molecular complexity index is 1450. The van der Waals surface area contributed by atoms with Gasteiger partial charge in [-0.15, -0.1) is 0 Å². The number of aromatic amines is 1. The third kappa shape index (κ3) is 6.98. The van der Waals surface area contributed by atoms with Crippen LogP contribution in [-0.2, 0) is 22.5 Å². The van der Waals surface area contributed by atoms with E-state index in [1.807, 2.05) is 42.6 Å². The summed E-state index contributed by atoms with van der Waals surface area (Å²) in [5, 5.41) is 1.10. The molecule has 0 bridgehead atoms. The van der Waals surface area contributed by atoms with Crippen LogP contribution < -0.4 is 9.47 Å². The van der Waals surface area contributed by atoms with Crippen LogP contribution in [0, 0.1) is 5.82 Å². The normalized spacial score (nSPS) is 10.9. The number of rotatable bonds is 13. The van der Waals surface area contributed by atoms with Crippen molar-refractivity contribution in [1.29, 1.82) is 0 Å². The molecule has 1 heterocycles. The van der Waals surface area contributed by atoms with Gasteiger partial charge < -0.3 is 29.0 Å². The van der Waals surface area contributed by atoms with Gasteiger partial charge in [0.15, 0.2) is 11.5 Å². The fraction of sp³-hybridized carbons (Fsp3) is 0.290. The second-order valence-electron chi connectivity index (χ2n) is 9.34. The molecule has 40 heavy (non-hydrogen) atoms. The molecule has 0 aliphatic heterocycles. The van der Waals surface area contributed by atoms with E-state index in [-0.39, 0.29) is 31.2 Å². The van der Waals surface area contributed by atoms with Crippen LogP contribution in [-0.4, -0.2) is 74.2 Å². The van der Waals surface area contributed by atoms with Gasteiger partial charge in [0, 0.05) is 49.4 Å². The molecule has 3 aromatic carbocycles. The molecule has 4 aromatic rings. The van der Waals surface area contributed by atoms with Gasteiger partial charge in [0.2, 0.25) is 5.91 Å². The average Bonchev–Trinajstić information content (AvgIpc) is 3.39. The average molecular weight is 548 g/mol. The molecule has 1 N–H and O–H groups in total. The van der Waals surface area contributed by atoms with Crippen LogP contribution in [0.25, 0.3) is 10.9 Å². The van der Waals surface area contributed by atoms with Crippen LogP contribution in [0.1, 0.15) is 21.5 Å². The van der Waals surface area contributed by atoms with Gasteiger partial charge in [-0.25, -0.2) is 4.39 Å². The number of amides is 2. The number of hydrogen-bond acceptors (Lipinski definition) is 5. The van der Waals surface area contributed by atoms with Crippen molar-refractivity contribution in [2.24, 2.45) is 0 Å². The zero-order valence-corrected chi connectivity index (χ0v) is 23.0. The molecule has 0 aliphatic carbocycles. The largest absolute Gasteiger partial charge is 0.493 e. The molecule has 0 atom stereocenters. The Morgan fingerprint density at radius 1 is 0.875 bits per heavy atom. The number of para-hydroxylation sites is 1. The van der Waals surface area contributed by atoms with Gasteiger partial charge in [0.1, 0.15) is 12.4 Å². The summed E-state index contributed by atoms with van der Waals surface area (Å²) in [6, 6.07) is 19.0. The van der Waals surface area contributed by atoms with E-state index in [1.165, 1.54) is 36.3 Å². The van der Waals surface area contributed by atoms with Crippen molar-refractivity contribution >= 4 is 22.7 Å². The molecule has 0 saturated carbocycles. The number of methoxy groups -OCH3 is 3. The molecule has 0 unspecified atom stereocenters. The molecule has 0 fully saturated rings. The molecule has 0 radical (unpaired) electrons. The van der Waals surface area contributed by atoms with Gasteiger partial charge in [-0.1, -0.05) is 30.3 Å². The quantitative estimate of drug-likeness (QED) is 0.263. The number of carbonyl (C=O) groups is 2. The third-order valence-electron chi connectivity index (χ3n) is 6.75. The van der Waals surface area contributed by atoms with E-state index in [0.29, 0.717) is 31.0 Å². The van der Waals surface area contributed by atoms with E-state index in [0.717, 1.165) is 22.0 Å². The Morgan fingerprint density at radius 2 is 1.68 bits per heavy atom. The highest BCUT2D eigenvalue weighted by molar-refractivity contribution is 5.96. The van der Waals surface area contributed by atoms with Crippen molar-refractivity contribution < 1.29 is 28.2 Å². The van der Waals surface area contributed by atoms with Crippen molar-refractivity contribution in [1.82, 2.24) is 14.8 Å². The van der Waals surface area contributed by atoms with Gasteiger partial charge in [0.05, 0.1) is 20.8 Å². The number of H-pyrrole nitrogens is 1. The first kappa shape index (κ1) is 28.6. The fourth-order valence-corrected chi connectivity index (χ4v) is 4.61. The van der Waals surface area contributed by atoms with Crippen molar-refractivity contribution in [3.05, 3.63) is 95.4 Å². The number of nitrogens with one attached hydrogen (secondary N) is 1. The summed E-state index contributed by atoms with van der Waals surface area (Å²) < 4.78 is 29.8. The summed E-state index contributed by atoms with van der Waals surface area (Å²) in [5.41, 5.74) is 3.15. The SMILES string of the molecule is COCCN(CC(=O)N(CCc1c[nH]c2ccccc12)Cc1ccc(OC)c(OC)c1)C(=O)c1cccc(F)c1. The maximum absolute atomic E-state index is 13.8. The van der Waals surface area contributed by atoms with E-state index in [4.69, 9.17) is 14.2 Å². The van der Waals surface area contributed by atoms with E-state index in [1.54, 1.807) is 25.2 Å². The molecule has 9 heteroatoms. The van der Waals surface area contributed by atoms with Crippen LogP contribution in [0.5, 0.6) is 11.5 Å². The lowest BCUT2D eigenvalue weighted by Gasteiger charge is -2.28. The number of aromatic nitrogens is 1. The first-order valence-corrected chi connectivity index (χ1v) is 13.0. The minimum Gasteiger partial charge on any atom is -0.493 e. The summed E-state index contributed by atoms with van der Waals surface area (Å²) in [4.78, 5) is 33.4. The molecule has 0 aliphatic rings. The molecule has 0 spiro atoms. The van der Waals surface area contributed by atoms with Crippen LogP contribution in [0.4, 0.5) is 4.39 Å². The standard InChI is InChI=1S/C31H34FN3O5/c1-38-16-15-35(31(37)23-7-6-8-25(32)18-23)21-30(36)34(20-22-11-12-28(39-2)29(17-22)40-3)14-13-24-19-33-27-10-5-4-9-26(24)27/h4-12,17-19,33H,13-16,20-21H2,1-3H3. The number of ether oxygens (including phenoxy) is 3. The summed E-state index contributed by atoms with van der Waals surface area (Å²) in [5.74, 6) is -0.0397. The lowest BCUT2D eigenvalue weighted by molar-refractivity contribution is -0.132. The van der Waals surface area contributed by atoms with Crippen molar-refractivity contribution in [2.75, 3.05) is 47.6 Å². The van der Waals surface area contributed by atoms with Gasteiger partial charge in [-0.2, -0.15) is 0 Å². The van der Waals surface area contributed by atoms with Crippen LogP contribution >= 0.6 is 0 Å². The lowest BCUT2D eigenvalue weighted by atomic mass is 10.1. The Labute approximate surface area is 233 Å².